The van der Waals surface area contributed by atoms with Crippen LogP contribution in [0.1, 0.15) is 18.4 Å². The van der Waals surface area contributed by atoms with Gasteiger partial charge in [-0.25, -0.2) is 0 Å². The van der Waals surface area contributed by atoms with Crippen LogP contribution in [-0.4, -0.2) is 17.4 Å². The predicted molar refractivity (Wildman–Crippen MR) is 54.1 cm³/mol. The molecule has 0 aromatic heterocycles. The molecule has 0 spiro atoms. The van der Waals surface area contributed by atoms with E-state index < -0.39 is 0 Å². The summed E-state index contributed by atoms with van der Waals surface area (Å²) < 4.78 is 10.6. The number of hydrogen-bond donors (Lipinski definition) is 2. The number of fused-ring (bicyclic) bond motifs is 1. The van der Waals surface area contributed by atoms with E-state index in [0.29, 0.717) is 17.9 Å². The van der Waals surface area contributed by atoms with E-state index in [1.165, 1.54) is 0 Å². The number of phenols is 1. The van der Waals surface area contributed by atoms with Gasteiger partial charge in [-0.15, -0.1) is 0 Å². The Labute approximate surface area is 87.6 Å². The second-order valence-corrected chi connectivity index (χ2v) is 4.34. The normalized spacial score (nSPS) is 20.3. The maximum absolute atomic E-state index is 9.77. The van der Waals surface area contributed by atoms with E-state index >= 15 is 0 Å². The third-order valence-electron chi connectivity index (χ3n) is 3.04. The summed E-state index contributed by atoms with van der Waals surface area (Å²) >= 11 is 0. The molecule has 3 N–H and O–H groups in total. The summed E-state index contributed by atoms with van der Waals surface area (Å²) in [6, 6.07) is 3.35. The Morgan fingerprint density at radius 2 is 2.13 bits per heavy atom. The van der Waals surface area contributed by atoms with Crippen LogP contribution in [0, 0.1) is 0 Å². The molecular weight excluding hydrogens is 194 g/mol. The molecule has 3 rings (SSSR count). The zero-order valence-corrected chi connectivity index (χ0v) is 8.32. The Hall–Kier alpha value is -1.42. The highest BCUT2D eigenvalue weighted by Crippen LogP contribution is 2.45. The molecule has 0 bridgehead atoms. The van der Waals surface area contributed by atoms with Gasteiger partial charge in [-0.05, 0) is 31.4 Å². The minimum Gasteiger partial charge on any atom is -0.508 e. The lowest BCUT2D eigenvalue weighted by atomic mass is 10.0. The van der Waals surface area contributed by atoms with Gasteiger partial charge in [0, 0.05) is 11.1 Å². The standard InChI is InChI=1S/C11H13NO3/c12-11(3-4-11)5-7-8(13)1-2-9-10(7)15-6-14-9/h1-2,13H,3-6,12H2. The third-order valence-corrected chi connectivity index (χ3v) is 3.04. The molecule has 0 amide bonds. The molecule has 1 aliphatic carbocycles. The Morgan fingerprint density at radius 3 is 2.87 bits per heavy atom. The fraction of sp³-hybridized carbons (Fsp3) is 0.455. The number of rotatable bonds is 2. The van der Waals surface area contributed by atoms with Gasteiger partial charge < -0.3 is 20.3 Å². The van der Waals surface area contributed by atoms with E-state index in [9.17, 15) is 5.11 Å². The van der Waals surface area contributed by atoms with Gasteiger partial charge >= 0.3 is 0 Å². The van der Waals surface area contributed by atoms with Crippen molar-refractivity contribution in [2.45, 2.75) is 24.8 Å². The van der Waals surface area contributed by atoms with Gasteiger partial charge in [-0.1, -0.05) is 0 Å². The van der Waals surface area contributed by atoms with Crippen LogP contribution in [0.2, 0.25) is 0 Å². The third kappa shape index (κ3) is 1.41. The van der Waals surface area contributed by atoms with E-state index in [1.54, 1.807) is 12.1 Å². The summed E-state index contributed by atoms with van der Waals surface area (Å²) in [5.74, 6) is 1.61. The maximum Gasteiger partial charge on any atom is 0.231 e. The highest BCUT2D eigenvalue weighted by atomic mass is 16.7. The van der Waals surface area contributed by atoms with E-state index in [0.717, 1.165) is 18.4 Å². The lowest BCUT2D eigenvalue weighted by molar-refractivity contribution is 0.173. The van der Waals surface area contributed by atoms with Gasteiger partial charge in [0.1, 0.15) is 5.75 Å². The van der Waals surface area contributed by atoms with Gasteiger partial charge in [0.05, 0.1) is 0 Å². The van der Waals surface area contributed by atoms with Crippen molar-refractivity contribution in [2.75, 3.05) is 6.79 Å². The molecule has 1 aliphatic heterocycles. The molecule has 1 aromatic carbocycles. The molecular formula is C11H13NO3. The summed E-state index contributed by atoms with van der Waals surface area (Å²) in [5.41, 5.74) is 6.68. The van der Waals surface area contributed by atoms with E-state index in [1.807, 2.05) is 0 Å². The summed E-state index contributed by atoms with van der Waals surface area (Å²) in [4.78, 5) is 0. The van der Waals surface area contributed by atoms with Crippen LogP contribution >= 0.6 is 0 Å². The van der Waals surface area contributed by atoms with Gasteiger partial charge in [0.2, 0.25) is 6.79 Å². The van der Waals surface area contributed by atoms with Crippen molar-refractivity contribution in [3.8, 4) is 17.2 Å². The average Bonchev–Trinajstić information content (AvgIpc) is 2.78. The van der Waals surface area contributed by atoms with Crippen molar-refractivity contribution in [2.24, 2.45) is 5.73 Å². The fourth-order valence-corrected chi connectivity index (χ4v) is 1.88. The van der Waals surface area contributed by atoms with Gasteiger partial charge in [0.25, 0.3) is 0 Å². The van der Waals surface area contributed by atoms with Gasteiger partial charge in [-0.3, -0.25) is 0 Å². The van der Waals surface area contributed by atoms with Crippen molar-refractivity contribution in [3.63, 3.8) is 0 Å². The van der Waals surface area contributed by atoms with E-state index in [4.69, 9.17) is 15.2 Å². The van der Waals surface area contributed by atoms with Crippen molar-refractivity contribution >= 4 is 0 Å². The lowest BCUT2D eigenvalue weighted by Gasteiger charge is -2.12. The molecule has 1 saturated carbocycles. The summed E-state index contributed by atoms with van der Waals surface area (Å²) in [5, 5.41) is 9.77. The maximum atomic E-state index is 9.77. The Bertz CT molecular complexity index is 413. The monoisotopic (exact) mass is 207 g/mol. The van der Waals surface area contributed by atoms with Crippen LogP contribution in [0.4, 0.5) is 0 Å². The smallest absolute Gasteiger partial charge is 0.231 e. The first-order valence-electron chi connectivity index (χ1n) is 5.07. The van der Waals surface area contributed by atoms with Gasteiger partial charge in [0.15, 0.2) is 11.5 Å². The molecule has 4 nitrogen and oxygen atoms in total. The minimum absolute atomic E-state index is 0.140. The summed E-state index contributed by atoms with van der Waals surface area (Å²) in [7, 11) is 0. The van der Waals surface area contributed by atoms with Crippen molar-refractivity contribution < 1.29 is 14.6 Å². The molecule has 1 fully saturated rings. The number of benzene rings is 1. The number of nitrogens with two attached hydrogens (primary N) is 1. The average molecular weight is 207 g/mol. The first-order chi connectivity index (χ1) is 7.18. The Morgan fingerprint density at radius 1 is 1.33 bits per heavy atom. The van der Waals surface area contributed by atoms with Crippen LogP contribution in [0.15, 0.2) is 12.1 Å². The quantitative estimate of drug-likeness (QED) is 0.763. The molecule has 4 heteroatoms. The molecule has 80 valence electrons. The van der Waals surface area contributed by atoms with Crippen LogP contribution in [-0.2, 0) is 6.42 Å². The second kappa shape index (κ2) is 2.79. The molecule has 0 saturated heterocycles. The molecule has 1 aromatic rings. The highest BCUT2D eigenvalue weighted by molar-refractivity contribution is 5.55. The van der Waals surface area contributed by atoms with Gasteiger partial charge in [-0.2, -0.15) is 0 Å². The fourth-order valence-electron chi connectivity index (χ4n) is 1.88. The van der Waals surface area contributed by atoms with Crippen LogP contribution in [0.25, 0.3) is 0 Å². The molecule has 2 aliphatic rings. The van der Waals surface area contributed by atoms with Crippen molar-refractivity contribution in [1.82, 2.24) is 0 Å². The summed E-state index contributed by atoms with van der Waals surface area (Å²) in [6.45, 7) is 0.226. The summed E-state index contributed by atoms with van der Waals surface area (Å²) in [6.07, 6.45) is 2.68. The number of aromatic hydroxyl groups is 1. The molecule has 0 radical (unpaired) electrons. The van der Waals surface area contributed by atoms with Crippen LogP contribution in [0.3, 0.4) is 0 Å². The largest absolute Gasteiger partial charge is 0.508 e. The first kappa shape index (κ1) is 8.85. The van der Waals surface area contributed by atoms with E-state index in [2.05, 4.69) is 0 Å². The predicted octanol–water partition coefficient (Wildman–Crippen LogP) is 1.15. The van der Waals surface area contributed by atoms with Crippen LogP contribution in [0.5, 0.6) is 17.2 Å². The topological polar surface area (TPSA) is 64.7 Å². The molecule has 15 heavy (non-hydrogen) atoms. The highest BCUT2D eigenvalue weighted by Gasteiger charge is 2.40. The first-order valence-corrected chi connectivity index (χ1v) is 5.07. The SMILES string of the molecule is NC1(Cc2c(O)ccc3c2OCO3)CC1. The van der Waals surface area contributed by atoms with Crippen LogP contribution < -0.4 is 15.2 Å². The minimum atomic E-state index is -0.140. The number of phenolic OH excluding ortho intramolecular Hbond substituents is 1. The number of hydrogen-bond acceptors (Lipinski definition) is 4. The lowest BCUT2D eigenvalue weighted by Crippen LogP contribution is -2.24. The van der Waals surface area contributed by atoms with Crippen molar-refractivity contribution in [3.05, 3.63) is 17.7 Å². The zero-order chi connectivity index (χ0) is 10.5. The zero-order valence-electron chi connectivity index (χ0n) is 8.32. The van der Waals surface area contributed by atoms with E-state index in [-0.39, 0.29) is 18.1 Å². The second-order valence-electron chi connectivity index (χ2n) is 4.34. The molecule has 0 atom stereocenters. The number of ether oxygens (including phenoxy) is 2. The molecule has 0 unspecified atom stereocenters. The molecule has 1 heterocycles. The van der Waals surface area contributed by atoms with Crippen molar-refractivity contribution in [1.29, 1.82) is 0 Å². The Balaban J connectivity index is 2.01. The Kier molecular flexibility index (Phi) is 1.65.